The third kappa shape index (κ3) is 4.25. The van der Waals surface area contributed by atoms with E-state index in [0.29, 0.717) is 17.1 Å². The van der Waals surface area contributed by atoms with Crippen LogP contribution >= 0.6 is 11.3 Å². The van der Waals surface area contributed by atoms with Gasteiger partial charge < -0.3 is 15.4 Å². The van der Waals surface area contributed by atoms with Crippen LogP contribution in [0.1, 0.15) is 11.9 Å². The molecule has 1 aromatic heterocycles. The van der Waals surface area contributed by atoms with Gasteiger partial charge in [0.2, 0.25) is 11.8 Å². The molecule has 2 N–H and O–H groups in total. The first kappa shape index (κ1) is 17.6. The average molecular weight is 367 g/mol. The van der Waals surface area contributed by atoms with Gasteiger partial charge in [-0.05, 0) is 36.4 Å². The monoisotopic (exact) mass is 367 g/mol. The number of hydrogen-bond acceptors (Lipinski definition) is 5. The second-order valence-electron chi connectivity index (χ2n) is 5.44. The molecule has 2 aromatic carbocycles. The maximum Gasteiger partial charge on any atom is 0.248 e. The summed E-state index contributed by atoms with van der Waals surface area (Å²) in [4.78, 5) is 27.9. The Morgan fingerprint density at radius 3 is 2.69 bits per heavy atom. The molecule has 2 amide bonds. The van der Waals surface area contributed by atoms with Crippen molar-refractivity contribution < 1.29 is 14.3 Å². The minimum Gasteiger partial charge on any atom is -0.495 e. The number of aromatic nitrogens is 1. The van der Waals surface area contributed by atoms with Gasteiger partial charge in [-0.2, -0.15) is 0 Å². The summed E-state index contributed by atoms with van der Waals surface area (Å²) in [6.07, 6.45) is 3.09. The summed E-state index contributed by atoms with van der Waals surface area (Å²) in [7, 11) is 1.51. The fourth-order valence-electron chi connectivity index (χ4n) is 2.37. The van der Waals surface area contributed by atoms with Crippen LogP contribution in [0.2, 0.25) is 0 Å². The van der Waals surface area contributed by atoms with Crippen molar-refractivity contribution in [3.63, 3.8) is 0 Å². The second kappa shape index (κ2) is 7.79. The van der Waals surface area contributed by atoms with Gasteiger partial charge in [-0.1, -0.05) is 12.1 Å². The van der Waals surface area contributed by atoms with E-state index in [-0.39, 0.29) is 11.8 Å². The van der Waals surface area contributed by atoms with Crippen LogP contribution in [0.15, 0.2) is 48.5 Å². The maximum absolute atomic E-state index is 12.2. The molecule has 0 fully saturated rings. The molecule has 7 heteroatoms. The highest BCUT2D eigenvalue weighted by Gasteiger charge is 2.08. The Labute approximate surface area is 154 Å². The van der Waals surface area contributed by atoms with E-state index in [1.54, 1.807) is 24.3 Å². The summed E-state index contributed by atoms with van der Waals surface area (Å²) in [5.41, 5.74) is 1.95. The zero-order valence-corrected chi connectivity index (χ0v) is 15.1. The molecule has 3 aromatic rings. The molecule has 0 radical (unpaired) electrons. The van der Waals surface area contributed by atoms with Gasteiger partial charge >= 0.3 is 0 Å². The zero-order chi connectivity index (χ0) is 18.5. The maximum atomic E-state index is 12.2. The quantitative estimate of drug-likeness (QED) is 0.670. The number of benzene rings is 2. The molecule has 0 unspecified atom stereocenters. The van der Waals surface area contributed by atoms with Gasteiger partial charge in [-0.25, -0.2) is 4.98 Å². The van der Waals surface area contributed by atoms with Crippen LogP contribution in [0.4, 0.5) is 11.4 Å². The van der Waals surface area contributed by atoms with Crippen LogP contribution in [0.3, 0.4) is 0 Å². The van der Waals surface area contributed by atoms with E-state index < -0.39 is 0 Å². The molecular formula is C19H17N3O3S. The smallest absolute Gasteiger partial charge is 0.248 e. The summed E-state index contributed by atoms with van der Waals surface area (Å²) < 4.78 is 6.31. The summed E-state index contributed by atoms with van der Waals surface area (Å²) in [5.74, 6) is -0.00783. The highest BCUT2D eigenvalue weighted by Crippen LogP contribution is 2.28. The number of rotatable bonds is 5. The van der Waals surface area contributed by atoms with E-state index in [1.165, 1.54) is 31.4 Å². The van der Waals surface area contributed by atoms with Crippen molar-refractivity contribution in [1.82, 2.24) is 4.98 Å². The van der Waals surface area contributed by atoms with Crippen molar-refractivity contribution in [3.8, 4) is 5.75 Å². The fraction of sp³-hybridized carbons (Fsp3) is 0.105. The Morgan fingerprint density at radius 2 is 1.96 bits per heavy atom. The Kier molecular flexibility index (Phi) is 5.28. The molecule has 132 valence electrons. The SMILES string of the molecule is COc1ccc(NC(C)=O)cc1NC(=O)C=Cc1nc2ccccc2s1. The summed E-state index contributed by atoms with van der Waals surface area (Å²) in [6, 6.07) is 12.8. The third-order valence-electron chi connectivity index (χ3n) is 3.47. The number of carbonyl (C=O) groups excluding carboxylic acids is 2. The first-order valence-corrected chi connectivity index (χ1v) is 8.67. The van der Waals surface area contributed by atoms with Crippen molar-refractivity contribution in [2.24, 2.45) is 0 Å². The van der Waals surface area contributed by atoms with E-state index >= 15 is 0 Å². The zero-order valence-electron chi connectivity index (χ0n) is 14.3. The Hall–Kier alpha value is -3.19. The number of fused-ring (bicyclic) bond motifs is 1. The lowest BCUT2D eigenvalue weighted by atomic mass is 10.2. The van der Waals surface area contributed by atoms with Crippen LogP contribution < -0.4 is 15.4 Å². The molecule has 0 saturated heterocycles. The lowest BCUT2D eigenvalue weighted by Crippen LogP contribution is -2.10. The summed E-state index contributed by atoms with van der Waals surface area (Å²) in [6.45, 7) is 1.42. The third-order valence-corrected chi connectivity index (χ3v) is 4.47. The number of hydrogen-bond donors (Lipinski definition) is 2. The molecule has 0 spiro atoms. The van der Waals surface area contributed by atoms with Gasteiger partial charge in [0.15, 0.2) is 0 Å². The Bertz CT molecular complexity index is 962. The van der Waals surface area contributed by atoms with Gasteiger partial charge in [-0.15, -0.1) is 11.3 Å². The lowest BCUT2D eigenvalue weighted by molar-refractivity contribution is -0.114. The molecule has 0 atom stereocenters. The molecule has 0 aliphatic carbocycles. The average Bonchev–Trinajstić information content (AvgIpc) is 3.03. The number of para-hydroxylation sites is 1. The molecular weight excluding hydrogens is 350 g/mol. The Balaban J connectivity index is 1.75. The van der Waals surface area contributed by atoms with Crippen molar-refractivity contribution in [3.05, 3.63) is 53.5 Å². The minimum absolute atomic E-state index is 0.192. The highest BCUT2D eigenvalue weighted by molar-refractivity contribution is 7.19. The van der Waals surface area contributed by atoms with Crippen LogP contribution in [0.5, 0.6) is 5.75 Å². The fourth-order valence-corrected chi connectivity index (χ4v) is 3.24. The van der Waals surface area contributed by atoms with Crippen molar-refractivity contribution in [1.29, 1.82) is 0 Å². The molecule has 3 rings (SSSR count). The number of anilines is 2. The molecule has 0 bridgehead atoms. The predicted molar refractivity (Wildman–Crippen MR) is 105 cm³/mol. The number of ether oxygens (including phenoxy) is 1. The number of nitrogens with zero attached hydrogens (tertiary/aromatic N) is 1. The lowest BCUT2D eigenvalue weighted by Gasteiger charge is -2.11. The molecule has 6 nitrogen and oxygen atoms in total. The van der Waals surface area contributed by atoms with Crippen molar-refractivity contribution >= 4 is 50.8 Å². The molecule has 0 saturated carbocycles. The van der Waals surface area contributed by atoms with Crippen LogP contribution in [0.25, 0.3) is 16.3 Å². The standard InChI is InChI=1S/C19H17N3O3S/c1-12(23)20-13-7-8-16(25-2)15(11-13)21-18(24)9-10-19-22-14-5-3-4-6-17(14)26-19/h3-11H,1-2H3,(H,20,23)(H,21,24). The highest BCUT2D eigenvalue weighted by atomic mass is 32.1. The van der Waals surface area contributed by atoms with E-state index in [0.717, 1.165) is 15.2 Å². The van der Waals surface area contributed by atoms with Gasteiger partial charge in [0.05, 0.1) is 23.0 Å². The number of thiazole rings is 1. The predicted octanol–water partition coefficient (Wildman–Crippen LogP) is 3.92. The van der Waals surface area contributed by atoms with Crippen molar-refractivity contribution in [2.45, 2.75) is 6.92 Å². The number of carbonyl (C=O) groups is 2. The number of amides is 2. The molecule has 0 aliphatic rings. The summed E-state index contributed by atoms with van der Waals surface area (Å²) in [5, 5.41) is 6.17. The van der Waals surface area contributed by atoms with E-state index in [4.69, 9.17) is 4.74 Å². The molecule has 0 aliphatic heterocycles. The number of nitrogens with one attached hydrogen (secondary N) is 2. The van der Waals surface area contributed by atoms with Crippen LogP contribution in [0, 0.1) is 0 Å². The minimum atomic E-state index is -0.317. The van der Waals surface area contributed by atoms with Gasteiger partial charge in [-0.3, -0.25) is 9.59 Å². The number of methoxy groups -OCH3 is 1. The first-order valence-electron chi connectivity index (χ1n) is 7.85. The van der Waals surface area contributed by atoms with E-state index in [2.05, 4.69) is 15.6 Å². The van der Waals surface area contributed by atoms with E-state index in [1.807, 2.05) is 24.3 Å². The Morgan fingerprint density at radius 1 is 1.15 bits per heavy atom. The van der Waals surface area contributed by atoms with E-state index in [9.17, 15) is 9.59 Å². The topological polar surface area (TPSA) is 80.3 Å². The normalized spacial score (nSPS) is 10.8. The molecule has 1 heterocycles. The van der Waals surface area contributed by atoms with Crippen LogP contribution in [-0.4, -0.2) is 23.9 Å². The molecule has 26 heavy (non-hydrogen) atoms. The largest absolute Gasteiger partial charge is 0.495 e. The van der Waals surface area contributed by atoms with Gasteiger partial charge in [0, 0.05) is 18.7 Å². The summed E-state index contributed by atoms with van der Waals surface area (Å²) >= 11 is 1.51. The van der Waals surface area contributed by atoms with Crippen molar-refractivity contribution in [2.75, 3.05) is 17.7 Å². The van der Waals surface area contributed by atoms with Gasteiger partial charge in [0.1, 0.15) is 10.8 Å². The van der Waals surface area contributed by atoms with Crippen LogP contribution in [-0.2, 0) is 9.59 Å². The first-order chi connectivity index (χ1) is 12.5. The van der Waals surface area contributed by atoms with Gasteiger partial charge in [0.25, 0.3) is 0 Å². The second-order valence-corrected chi connectivity index (χ2v) is 6.50.